The Balaban J connectivity index is 2.94. The first-order valence-corrected chi connectivity index (χ1v) is 3.70. The van der Waals surface area contributed by atoms with Crippen molar-refractivity contribution in [3.8, 4) is 0 Å². The molecule has 0 saturated carbocycles. The van der Waals surface area contributed by atoms with Gasteiger partial charge in [0.05, 0.1) is 0 Å². The fourth-order valence-corrected chi connectivity index (χ4v) is 1.13. The quantitative estimate of drug-likeness (QED) is 0.740. The van der Waals surface area contributed by atoms with E-state index in [1.807, 2.05) is 6.07 Å². The van der Waals surface area contributed by atoms with E-state index in [-0.39, 0.29) is 0 Å². The van der Waals surface area contributed by atoms with Crippen LogP contribution >= 0.6 is 22.6 Å². The molecular weight excluding hydrogens is 227 g/mol. The average Bonchev–Trinajstić information content (AvgIpc) is 1.88. The molecule has 0 bridgehead atoms. The molecule has 0 amide bonds. The Hall–Kier alpha value is -0.160. The number of hydrogen-bond donors (Lipinski definition) is 1. The summed E-state index contributed by atoms with van der Waals surface area (Å²) in [5, 5.41) is 0. The van der Waals surface area contributed by atoms with Crippen LogP contribution in [0.15, 0.2) is 18.5 Å². The van der Waals surface area contributed by atoms with Gasteiger partial charge in [-0.25, -0.2) is 0 Å². The molecule has 0 saturated heterocycles. The van der Waals surface area contributed by atoms with Crippen LogP contribution < -0.4 is 5.73 Å². The Labute approximate surface area is 67.6 Å². The molecule has 0 radical (unpaired) electrons. The number of nitrogens with two attached hydrogens (primary N) is 1. The van der Waals surface area contributed by atoms with Gasteiger partial charge in [0.2, 0.25) is 0 Å². The second-order valence-electron chi connectivity index (χ2n) is 1.72. The highest BCUT2D eigenvalue weighted by atomic mass is 127. The predicted molar refractivity (Wildman–Crippen MR) is 44.8 cm³/mol. The lowest BCUT2D eigenvalue weighted by Crippen LogP contribution is -1.96. The van der Waals surface area contributed by atoms with Crippen LogP contribution in [0.4, 0.5) is 0 Å². The van der Waals surface area contributed by atoms with Crippen molar-refractivity contribution >= 4 is 22.6 Å². The molecule has 2 N–H and O–H groups in total. The number of aromatic nitrogens is 1. The Morgan fingerprint density at radius 3 is 2.78 bits per heavy atom. The van der Waals surface area contributed by atoms with E-state index in [9.17, 15) is 0 Å². The standard InChI is InChI=1S/C6H7IN2/c7-6-1-5(2-8)3-9-4-6/h1,3-4H,2,8H2. The third-order valence-electron chi connectivity index (χ3n) is 0.997. The number of pyridine rings is 1. The predicted octanol–water partition coefficient (Wildman–Crippen LogP) is 1.14. The molecule has 48 valence electrons. The maximum atomic E-state index is 5.38. The second kappa shape index (κ2) is 3.12. The van der Waals surface area contributed by atoms with E-state index >= 15 is 0 Å². The molecule has 0 aliphatic heterocycles. The van der Waals surface area contributed by atoms with Gasteiger partial charge in [0, 0.05) is 22.5 Å². The highest BCUT2D eigenvalue weighted by Gasteiger charge is 1.88. The second-order valence-corrected chi connectivity index (χ2v) is 2.96. The Bertz CT molecular complexity index is 200. The van der Waals surface area contributed by atoms with Gasteiger partial charge in [-0.3, -0.25) is 4.98 Å². The average molecular weight is 234 g/mol. The fourth-order valence-electron chi connectivity index (χ4n) is 0.567. The van der Waals surface area contributed by atoms with Gasteiger partial charge in [-0.2, -0.15) is 0 Å². The van der Waals surface area contributed by atoms with E-state index in [2.05, 4.69) is 27.6 Å². The minimum Gasteiger partial charge on any atom is -0.326 e. The van der Waals surface area contributed by atoms with Crippen LogP contribution in [-0.2, 0) is 6.54 Å². The minimum absolute atomic E-state index is 0.573. The monoisotopic (exact) mass is 234 g/mol. The van der Waals surface area contributed by atoms with Crippen LogP contribution in [-0.4, -0.2) is 4.98 Å². The summed E-state index contributed by atoms with van der Waals surface area (Å²) in [7, 11) is 0. The Morgan fingerprint density at radius 1 is 1.56 bits per heavy atom. The molecule has 0 aliphatic carbocycles. The van der Waals surface area contributed by atoms with Crippen molar-refractivity contribution in [2.75, 3.05) is 0 Å². The molecule has 9 heavy (non-hydrogen) atoms. The lowest BCUT2D eigenvalue weighted by Gasteiger charge is -1.93. The Kier molecular flexibility index (Phi) is 2.41. The molecule has 0 aliphatic rings. The molecule has 0 spiro atoms. The van der Waals surface area contributed by atoms with E-state index in [4.69, 9.17) is 5.73 Å². The zero-order chi connectivity index (χ0) is 6.69. The molecule has 0 aromatic carbocycles. The summed E-state index contributed by atoms with van der Waals surface area (Å²) in [6.07, 6.45) is 3.59. The lowest BCUT2D eigenvalue weighted by molar-refractivity contribution is 1.04. The zero-order valence-electron chi connectivity index (χ0n) is 4.84. The van der Waals surface area contributed by atoms with E-state index in [0.717, 1.165) is 9.13 Å². The van der Waals surface area contributed by atoms with Crippen molar-refractivity contribution < 1.29 is 0 Å². The third kappa shape index (κ3) is 1.91. The van der Waals surface area contributed by atoms with Gasteiger partial charge in [0.1, 0.15) is 0 Å². The molecule has 0 unspecified atom stereocenters. The zero-order valence-corrected chi connectivity index (χ0v) is 7.00. The lowest BCUT2D eigenvalue weighted by atomic mass is 10.3. The highest BCUT2D eigenvalue weighted by molar-refractivity contribution is 14.1. The molecule has 0 atom stereocenters. The normalized spacial score (nSPS) is 9.56. The smallest absolute Gasteiger partial charge is 0.0401 e. The van der Waals surface area contributed by atoms with Crippen LogP contribution in [0, 0.1) is 3.57 Å². The van der Waals surface area contributed by atoms with Crippen LogP contribution in [0.25, 0.3) is 0 Å². The van der Waals surface area contributed by atoms with E-state index in [0.29, 0.717) is 6.54 Å². The number of rotatable bonds is 1. The van der Waals surface area contributed by atoms with Crippen LogP contribution in [0.3, 0.4) is 0 Å². The summed E-state index contributed by atoms with van der Waals surface area (Å²) in [5.74, 6) is 0. The van der Waals surface area contributed by atoms with Crippen molar-refractivity contribution in [2.24, 2.45) is 5.73 Å². The molecule has 1 rings (SSSR count). The van der Waals surface area contributed by atoms with Crippen molar-refractivity contribution in [3.05, 3.63) is 27.6 Å². The largest absolute Gasteiger partial charge is 0.326 e. The van der Waals surface area contributed by atoms with Gasteiger partial charge in [-0.15, -0.1) is 0 Å². The summed E-state index contributed by atoms with van der Waals surface area (Å²) >= 11 is 2.21. The van der Waals surface area contributed by atoms with Crippen molar-refractivity contribution in [1.82, 2.24) is 4.98 Å². The topological polar surface area (TPSA) is 38.9 Å². The summed E-state index contributed by atoms with van der Waals surface area (Å²) < 4.78 is 1.13. The maximum absolute atomic E-state index is 5.38. The van der Waals surface area contributed by atoms with Crippen LogP contribution in [0.1, 0.15) is 5.56 Å². The molecule has 2 nitrogen and oxygen atoms in total. The van der Waals surface area contributed by atoms with Gasteiger partial charge >= 0.3 is 0 Å². The first-order chi connectivity index (χ1) is 4.33. The van der Waals surface area contributed by atoms with Gasteiger partial charge in [0.15, 0.2) is 0 Å². The summed E-state index contributed by atoms with van der Waals surface area (Å²) in [6.45, 7) is 0.573. The summed E-state index contributed by atoms with van der Waals surface area (Å²) in [6, 6.07) is 2.02. The minimum atomic E-state index is 0.573. The first-order valence-electron chi connectivity index (χ1n) is 2.62. The van der Waals surface area contributed by atoms with Gasteiger partial charge in [0.25, 0.3) is 0 Å². The molecule has 0 fully saturated rings. The van der Waals surface area contributed by atoms with Gasteiger partial charge in [-0.05, 0) is 34.2 Å². The molecule has 1 heterocycles. The van der Waals surface area contributed by atoms with E-state index < -0.39 is 0 Å². The van der Waals surface area contributed by atoms with Crippen LogP contribution in [0.5, 0.6) is 0 Å². The van der Waals surface area contributed by atoms with Crippen molar-refractivity contribution in [3.63, 3.8) is 0 Å². The van der Waals surface area contributed by atoms with Gasteiger partial charge < -0.3 is 5.73 Å². The summed E-state index contributed by atoms with van der Waals surface area (Å²) in [5.41, 5.74) is 6.46. The van der Waals surface area contributed by atoms with E-state index in [1.165, 1.54) is 0 Å². The maximum Gasteiger partial charge on any atom is 0.0401 e. The molecule has 1 aromatic rings. The number of halogens is 1. The van der Waals surface area contributed by atoms with Crippen LogP contribution in [0.2, 0.25) is 0 Å². The fraction of sp³-hybridized carbons (Fsp3) is 0.167. The Morgan fingerprint density at radius 2 is 2.33 bits per heavy atom. The SMILES string of the molecule is NCc1cncc(I)c1. The summed E-state index contributed by atoms with van der Waals surface area (Å²) in [4.78, 5) is 3.97. The molecule has 1 aromatic heterocycles. The molecule has 3 heteroatoms. The molecular formula is C6H7IN2. The van der Waals surface area contributed by atoms with E-state index in [1.54, 1.807) is 12.4 Å². The number of hydrogen-bond acceptors (Lipinski definition) is 2. The van der Waals surface area contributed by atoms with Crippen molar-refractivity contribution in [2.45, 2.75) is 6.54 Å². The third-order valence-corrected chi connectivity index (χ3v) is 1.59. The first kappa shape index (κ1) is 6.95. The highest BCUT2D eigenvalue weighted by Crippen LogP contribution is 2.03. The van der Waals surface area contributed by atoms with Gasteiger partial charge in [-0.1, -0.05) is 0 Å². The van der Waals surface area contributed by atoms with Crippen molar-refractivity contribution in [1.29, 1.82) is 0 Å². The number of nitrogens with zero attached hydrogens (tertiary/aromatic N) is 1.